The Labute approximate surface area is 205 Å². The standard InChI is InChI=1S/C29H48F2O.H2O.2H2/c1-4-7-8-10-25(6-3)32-27-20-19-26(28(30)29(27)31)24-17-15-23(16-18-24)22-13-11-21(9-5-2)12-14-22;;;/h3,21-29H,4-5,7-20H2,1-2H3;1H2;2*1H. The van der Waals surface area contributed by atoms with Gasteiger partial charge in [-0.1, -0.05) is 58.3 Å². The normalized spacial score (nSPS) is 38.2. The molecule has 33 heavy (non-hydrogen) atoms. The molecular formula is C29H54F2O2. The highest BCUT2D eigenvalue weighted by molar-refractivity contribution is 4.98. The Balaban J connectivity index is 0.00000385. The third-order valence-electron chi connectivity index (χ3n) is 9.12. The number of halogens is 2. The summed E-state index contributed by atoms with van der Waals surface area (Å²) in [7, 11) is 0. The van der Waals surface area contributed by atoms with Crippen LogP contribution >= 0.6 is 0 Å². The second-order valence-corrected chi connectivity index (χ2v) is 11.2. The van der Waals surface area contributed by atoms with E-state index in [1.807, 2.05) is 0 Å². The highest BCUT2D eigenvalue weighted by Crippen LogP contribution is 2.47. The minimum absolute atomic E-state index is 0. The maximum atomic E-state index is 15.2. The van der Waals surface area contributed by atoms with Crippen molar-refractivity contribution < 1.29 is 21.8 Å². The fourth-order valence-corrected chi connectivity index (χ4v) is 7.14. The average Bonchev–Trinajstić information content (AvgIpc) is 2.82. The van der Waals surface area contributed by atoms with E-state index < -0.39 is 18.4 Å². The highest BCUT2D eigenvalue weighted by atomic mass is 19.2. The molecular weight excluding hydrogens is 418 g/mol. The molecule has 0 aromatic heterocycles. The predicted octanol–water partition coefficient (Wildman–Crippen LogP) is 8.12. The van der Waals surface area contributed by atoms with E-state index in [0.29, 0.717) is 12.3 Å². The van der Waals surface area contributed by atoms with Gasteiger partial charge in [0.05, 0.1) is 6.10 Å². The van der Waals surface area contributed by atoms with Gasteiger partial charge in [0.25, 0.3) is 0 Å². The third kappa shape index (κ3) is 7.93. The zero-order valence-electron chi connectivity index (χ0n) is 21.3. The highest BCUT2D eigenvalue weighted by Gasteiger charge is 2.45. The van der Waals surface area contributed by atoms with Crippen LogP contribution in [0.25, 0.3) is 0 Å². The van der Waals surface area contributed by atoms with Crippen molar-refractivity contribution in [3.05, 3.63) is 0 Å². The van der Waals surface area contributed by atoms with Gasteiger partial charge in [-0.3, -0.25) is 0 Å². The van der Waals surface area contributed by atoms with Gasteiger partial charge in [0, 0.05) is 2.85 Å². The van der Waals surface area contributed by atoms with Gasteiger partial charge in [0.1, 0.15) is 12.3 Å². The van der Waals surface area contributed by atoms with E-state index in [-0.39, 0.29) is 20.4 Å². The van der Waals surface area contributed by atoms with Crippen LogP contribution in [0.2, 0.25) is 0 Å². The van der Waals surface area contributed by atoms with Crippen LogP contribution in [0.3, 0.4) is 0 Å². The van der Waals surface area contributed by atoms with Crippen molar-refractivity contribution in [2.24, 2.45) is 29.6 Å². The molecule has 3 fully saturated rings. The lowest BCUT2D eigenvalue weighted by atomic mass is 9.65. The number of unbranched alkanes of at least 4 members (excludes halogenated alkanes) is 2. The number of ether oxygens (including phenoxy) is 1. The monoisotopic (exact) mass is 472 g/mol. The van der Waals surface area contributed by atoms with Crippen LogP contribution in [0.1, 0.15) is 119 Å². The average molecular weight is 473 g/mol. The second kappa shape index (κ2) is 14.7. The Hall–Kier alpha value is -0.660. The van der Waals surface area contributed by atoms with E-state index in [1.54, 1.807) is 0 Å². The first-order valence-electron chi connectivity index (χ1n) is 14.0. The molecule has 5 unspecified atom stereocenters. The van der Waals surface area contributed by atoms with Crippen molar-refractivity contribution in [3.63, 3.8) is 0 Å². The molecule has 0 aromatic rings. The van der Waals surface area contributed by atoms with Crippen LogP contribution < -0.4 is 0 Å². The van der Waals surface area contributed by atoms with Crippen LogP contribution in [0.5, 0.6) is 0 Å². The topological polar surface area (TPSA) is 40.7 Å². The van der Waals surface area contributed by atoms with Crippen molar-refractivity contribution in [2.75, 3.05) is 0 Å². The number of alkyl halides is 2. The molecule has 2 nitrogen and oxygen atoms in total. The fourth-order valence-electron chi connectivity index (χ4n) is 7.14. The van der Waals surface area contributed by atoms with Gasteiger partial charge in [0.15, 0.2) is 6.17 Å². The Morgan fingerprint density at radius 2 is 1.42 bits per heavy atom. The smallest absolute Gasteiger partial charge is 0.157 e. The van der Waals surface area contributed by atoms with Crippen molar-refractivity contribution in [1.29, 1.82) is 0 Å². The predicted molar refractivity (Wildman–Crippen MR) is 138 cm³/mol. The van der Waals surface area contributed by atoms with E-state index in [1.165, 1.54) is 51.4 Å². The summed E-state index contributed by atoms with van der Waals surface area (Å²) >= 11 is 0. The molecule has 0 saturated heterocycles. The second-order valence-electron chi connectivity index (χ2n) is 11.2. The third-order valence-corrected chi connectivity index (χ3v) is 9.12. The molecule has 3 aliphatic rings. The molecule has 0 aliphatic heterocycles. The molecule has 3 aliphatic carbocycles. The van der Waals surface area contributed by atoms with Crippen LogP contribution in [0.15, 0.2) is 0 Å². The van der Waals surface area contributed by atoms with Crippen molar-refractivity contribution in [1.82, 2.24) is 0 Å². The maximum Gasteiger partial charge on any atom is 0.157 e. The Morgan fingerprint density at radius 1 is 0.818 bits per heavy atom. The number of hydrogen-bond acceptors (Lipinski definition) is 1. The molecule has 0 amide bonds. The van der Waals surface area contributed by atoms with Crippen LogP contribution in [0, 0.1) is 41.9 Å². The molecule has 2 N–H and O–H groups in total. The summed E-state index contributed by atoms with van der Waals surface area (Å²) in [5.74, 6) is 5.54. The van der Waals surface area contributed by atoms with Gasteiger partial charge in [-0.15, -0.1) is 6.42 Å². The summed E-state index contributed by atoms with van der Waals surface area (Å²) < 4.78 is 36.1. The molecule has 3 saturated carbocycles. The number of hydrogen-bond donors (Lipinski definition) is 0. The molecule has 0 aromatic carbocycles. The molecule has 196 valence electrons. The van der Waals surface area contributed by atoms with E-state index in [4.69, 9.17) is 11.2 Å². The zero-order chi connectivity index (χ0) is 22.9. The SMILES string of the molecule is C#CC(CCCCC)OC1CCC(C2CCC(C3CCC(CCC)CC3)CC2)C(F)C1F.O.[HH].[HH]. The molecule has 0 spiro atoms. The number of rotatable bonds is 10. The minimum atomic E-state index is -1.53. The Morgan fingerprint density at radius 3 is 2.00 bits per heavy atom. The van der Waals surface area contributed by atoms with Gasteiger partial charge in [0.2, 0.25) is 0 Å². The summed E-state index contributed by atoms with van der Waals surface area (Å²) in [6.07, 6.45) is 19.9. The lowest BCUT2D eigenvalue weighted by molar-refractivity contribution is -0.103. The molecule has 5 atom stereocenters. The summed E-state index contributed by atoms with van der Waals surface area (Å²) in [6.45, 7) is 4.44. The van der Waals surface area contributed by atoms with Gasteiger partial charge in [-0.05, 0) is 93.8 Å². The van der Waals surface area contributed by atoms with Crippen LogP contribution in [-0.2, 0) is 4.74 Å². The minimum Gasteiger partial charge on any atom is -0.412 e. The molecule has 0 bridgehead atoms. The fraction of sp³-hybridized carbons (Fsp3) is 0.931. The van der Waals surface area contributed by atoms with Crippen LogP contribution in [-0.4, -0.2) is 30.0 Å². The maximum absolute atomic E-state index is 15.2. The lowest BCUT2D eigenvalue weighted by Gasteiger charge is -2.43. The quantitative estimate of drug-likeness (QED) is 0.234. The van der Waals surface area contributed by atoms with Crippen LogP contribution in [0.4, 0.5) is 8.78 Å². The van der Waals surface area contributed by atoms with Crippen molar-refractivity contribution in [2.45, 2.75) is 141 Å². The van der Waals surface area contributed by atoms with Gasteiger partial charge >= 0.3 is 0 Å². The summed E-state index contributed by atoms with van der Waals surface area (Å²) in [5.41, 5.74) is 0. The van der Waals surface area contributed by atoms with Gasteiger partial charge < -0.3 is 10.2 Å². The summed E-state index contributed by atoms with van der Waals surface area (Å²) in [6, 6.07) is 0. The van der Waals surface area contributed by atoms with Gasteiger partial charge in [-0.2, -0.15) is 0 Å². The zero-order valence-corrected chi connectivity index (χ0v) is 21.3. The summed E-state index contributed by atoms with van der Waals surface area (Å²) in [4.78, 5) is 0. The van der Waals surface area contributed by atoms with E-state index in [0.717, 1.165) is 62.7 Å². The van der Waals surface area contributed by atoms with Crippen molar-refractivity contribution >= 4 is 0 Å². The molecule has 4 heteroatoms. The van der Waals surface area contributed by atoms with E-state index in [9.17, 15) is 0 Å². The van der Waals surface area contributed by atoms with E-state index >= 15 is 8.78 Å². The Kier molecular flexibility index (Phi) is 12.7. The molecule has 0 radical (unpaired) electrons. The Bertz CT molecular complexity index is 572. The molecule has 3 rings (SSSR count). The van der Waals surface area contributed by atoms with Gasteiger partial charge in [-0.25, -0.2) is 8.78 Å². The van der Waals surface area contributed by atoms with E-state index in [2.05, 4.69) is 19.8 Å². The lowest BCUT2D eigenvalue weighted by Crippen LogP contribution is -2.47. The first-order chi connectivity index (χ1) is 15.6. The first kappa shape index (κ1) is 28.6. The molecule has 0 heterocycles. The number of terminal acetylenes is 1. The first-order valence-corrected chi connectivity index (χ1v) is 14.0. The van der Waals surface area contributed by atoms with Crippen molar-refractivity contribution in [3.8, 4) is 12.3 Å². The largest absolute Gasteiger partial charge is 0.412 e. The summed E-state index contributed by atoms with van der Waals surface area (Å²) in [5, 5.41) is 0.